The zero-order valence-electron chi connectivity index (χ0n) is 39.1. The number of esters is 2. The van der Waals surface area contributed by atoms with Crippen LogP contribution in [0.5, 0.6) is 0 Å². The van der Waals surface area contributed by atoms with Crippen LogP contribution in [0.15, 0.2) is 109 Å². The van der Waals surface area contributed by atoms with Gasteiger partial charge in [0.2, 0.25) is 0 Å². The zero-order valence-corrected chi connectivity index (χ0v) is 39.1. The number of allylic oxidation sites excluding steroid dienone is 18. The van der Waals surface area contributed by atoms with E-state index in [1.807, 2.05) is 21.1 Å². The Bertz CT molecular complexity index is 1360. The van der Waals surface area contributed by atoms with Gasteiger partial charge in [-0.3, -0.25) is 9.59 Å². The second kappa shape index (κ2) is 42.7. The SMILES string of the molecule is CC/C=C/C/C=C/C/C=C/C/C=C/C/C=C/C/C=C/CCCC(=O)OC(COCCC(C(=O)O)[N+](C)(C)C)COC(=O)CCC/C=C/C/C=C/C/C=C/CCCCCCCC. The zero-order chi connectivity index (χ0) is 44.9. The molecule has 1 N–H and O–H groups in total. The number of quaternary nitrogens is 1. The normalized spacial score (nSPS) is 13.9. The molecule has 2 unspecified atom stereocenters. The predicted molar refractivity (Wildman–Crippen MR) is 256 cm³/mol. The van der Waals surface area contributed by atoms with Crippen LogP contribution in [0.2, 0.25) is 0 Å². The number of rotatable bonds is 40. The number of unbranched alkanes of at least 4 members (excludes halogenated alkanes) is 8. The van der Waals surface area contributed by atoms with E-state index in [2.05, 4.69) is 123 Å². The Hall–Kier alpha value is -4.01. The number of hydrogen-bond acceptors (Lipinski definition) is 6. The number of likely N-dealkylation sites (N-methyl/N-ethyl adjacent to an activating group) is 1. The minimum absolute atomic E-state index is 0.0147. The molecule has 0 aliphatic rings. The Balaban J connectivity index is 4.53. The average molecular weight is 849 g/mol. The van der Waals surface area contributed by atoms with Crippen LogP contribution >= 0.6 is 0 Å². The summed E-state index contributed by atoms with van der Waals surface area (Å²) >= 11 is 0. The van der Waals surface area contributed by atoms with Crippen LogP contribution in [0.3, 0.4) is 0 Å². The third-order valence-corrected chi connectivity index (χ3v) is 9.66. The maximum Gasteiger partial charge on any atom is 0.362 e. The molecular formula is C53H86NO7+. The first kappa shape index (κ1) is 57.0. The molecule has 0 spiro atoms. The first-order valence-corrected chi connectivity index (χ1v) is 23.4. The summed E-state index contributed by atoms with van der Waals surface area (Å²) in [6, 6.07) is -0.639. The molecule has 0 saturated carbocycles. The first-order chi connectivity index (χ1) is 29.6. The maximum absolute atomic E-state index is 12.7. The number of carboxylic acid groups (broad SMARTS) is 1. The number of aliphatic carboxylic acids is 1. The van der Waals surface area contributed by atoms with E-state index in [1.54, 1.807) is 0 Å². The molecule has 0 aliphatic carbocycles. The van der Waals surface area contributed by atoms with Crippen molar-refractivity contribution in [1.29, 1.82) is 0 Å². The molecule has 0 fully saturated rings. The number of carbonyl (C=O) groups excluding carboxylic acids is 2. The van der Waals surface area contributed by atoms with Crippen LogP contribution in [0, 0.1) is 0 Å². The maximum atomic E-state index is 12.7. The third-order valence-electron chi connectivity index (χ3n) is 9.66. The topological polar surface area (TPSA) is 99.1 Å². The fourth-order valence-corrected chi connectivity index (χ4v) is 6.06. The van der Waals surface area contributed by atoms with E-state index < -0.39 is 18.1 Å². The van der Waals surface area contributed by atoms with Crippen LogP contribution in [0.1, 0.15) is 155 Å². The van der Waals surface area contributed by atoms with Crippen LogP contribution in [-0.4, -0.2) is 80.6 Å². The van der Waals surface area contributed by atoms with Gasteiger partial charge >= 0.3 is 17.9 Å². The van der Waals surface area contributed by atoms with E-state index in [-0.39, 0.29) is 49.1 Å². The molecule has 0 amide bonds. The molecule has 0 aromatic carbocycles. The average Bonchev–Trinajstić information content (AvgIpc) is 3.22. The molecule has 0 radical (unpaired) electrons. The van der Waals surface area contributed by atoms with Crippen LogP contribution in [0.25, 0.3) is 0 Å². The van der Waals surface area contributed by atoms with E-state index in [0.29, 0.717) is 19.3 Å². The number of hydrogen-bond donors (Lipinski definition) is 1. The van der Waals surface area contributed by atoms with Gasteiger partial charge in [0.15, 0.2) is 12.1 Å². The third kappa shape index (κ3) is 41.1. The van der Waals surface area contributed by atoms with Crippen LogP contribution in [0.4, 0.5) is 0 Å². The molecule has 8 heteroatoms. The van der Waals surface area contributed by atoms with Gasteiger partial charge in [-0.1, -0.05) is 155 Å². The molecule has 344 valence electrons. The van der Waals surface area contributed by atoms with Crippen molar-refractivity contribution in [3.63, 3.8) is 0 Å². The summed E-state index contributed by atoms with van der Waals surface area (Å²) in [6.45, 7) is 4.48. The van der Waals surface area contributed by atoms with Gasteiger partial charge in [-0.2, -0.15) is 0 Å². The van der Waals surface area contributed by atoms with E-state index in [0.717, 1.165) is 64.2 Å². The van der Waals surface area contributed by atoms with Gasteiger partial charge in [0.05, 0.1) is 34.4 Å². The lowest BCUT2D eigenvalue weighted by molar-refractivity contribution is -0.887. The summed E-state index contributed by atoms with van der Waals surface area (Å²) in [4.78, 5) is 37.0. The van der Waals surface area contributed by atoms with E-state index in [9.17, 15) is 19.5 Å². The van der Waals surface area contributed by atoms with E-state index in [1.165, 1.54) is 44.9 Å². The summed E-state index contributed by atoms with van der Waals surface area (Å²) in [5.41, 5.74) is 0. The van der Waals surface area contributed by atoms with Crippen molar-refractivity contribution < 1.29 is 38.2 Å². The second-order valence-corrected chi connectivity index (χ2v) is 16.3. The van der Waals surface area contributed by atoms with Crippen molar-refractivity contribution in [2.45, 2.75) is 167 Å². The lowest BCUT2D eigenvalue weighted by Crippen LogP contribution is -2.50. The van der Waals surface area contributed by atoms with Gasteiger partial charge in [-0.05, 0) is 89.9 Å². The Labute approximate surface area is 372 Å². The molecule has 0 aromatic rings. The lowest BCUT2D eigenvalue weighted by Gasteiger charge is -2.31. The smallest absolute Gasteiger partial charge is 0.362 e. The molecule has 0 heterocycles. The van der Waals surface area contributed by atoms with Gasteiger partial charge in [0.25, 0.3) is 0 Å². The number of nitrogens with zero attached hydrogens (tertiary/aromatic N) is 1. The Morgan fingerprint density at radius 1 is 0.508 bits per heavy atom. The highest BCUT2D eigenvalue weighted by molar-refractivity contribution is 5.72. The molecule has 0 aliphatic heterocycles. The lowest BCUT2D eigenvalue weighted by atomic mass is 10.1. The van der Waals surface area contributed by atoms with E-state index in [4.69, 9.17) is 14.2 Å². The molecule has 0 saturated heterocycles. The molecular weight excluding hydrogens is 763 g/mol. The summed E-state index contributed by atoms with van der Waals surface area (Å²) < 4.78 is 17.2. The van der Waals surface area contributed by atoms with Crippen molar-refractivity contribution in [1.82, 2.24) is 0 Å². The summed E-state index contributed by atoms with van der Waals surface area (Å²) in [5, 5.41) is 9.63. The van der Waals surface area contributed by atoms with Crippen molar-refractivity contribution in [3.05, 3.63) is 109 Å². The summed E-state index contributed by atoms with van der Waals surface area (Å²) in [7, 11) is 5.48. The highest BCUT2D eigenvalue weighted by Crippen LogP contribution is 2.11. The molecule has 2 atom stereocenters. The molecule has 0 rings (SSSR count). The Morgan fingerprint density at radius 2 is 0.918 bits per heavy atom. The fraction of sp³-hybridized carbons (Fsp3) is 0.604. The quantitative estimate of drug-likeness (QED) is 0.0284. The number of carbonyl (C=O) groups is 3. The van der Waals surface area contributed by atoms with Gasteiger partial charge in [-0.25, -0.2) is 4.79 Å². The van der Waals surface area contributed by atoms with Gasteiger partial charge in [0.1, 0.15) is 6.61 Å². The minimum Gasteiger partial charge on any atom is -0.477 e. The van der Waals surface area contributed by atoms with Gasteiger partial charge < -0.3 is 23.8 Å². The van der Waals surface area contributed by atoms with Crippen molar-refractivity contribution in [3.8, 4) is 0 Å². The molecule has 0 aromatic heterocycles. The van der Waals surface area contributed by atoms with Crippen molar-refractivity contribution >= 4 is 17.9 Å². The highest BCUT2D eigenvalue weighted by Gasteiger charge is 2.31. The standard InChI is InChI=1S/C53H85NO7/c1-6-8-10-12-14-16-18-20-22-24-25-26-28-30-32-34-36-38-40-42-44-52(56)61-49(47-59-46-45-50(53(57)58)54(3,4)5)48-60-51(55)43-41-39-37-35-33-31-29-27-23-21-19-17-15-13-11-9-7-2/h8,10,14,16,20-23,25-26,29-32,35-38,49-50H,6-7,9,11-13,15,17-19,24,27-28,33-34,39-48H2,1-5H3/p+1/b10-8+,16-14+,22-20+,23-21+,26-25+,31-29+,32-30+,37-35+,38-36+. The number of ether oxygens (including phenoxy) is 3. The second-order valence-electron chi connectivity index (χ2n) is 16.3. The Kier molecular flexibility index (Phi) is 39.9. The first-order valence-electron chi connectivity index (χ1n) is 23.4. The predicted octanol–water partition coefficient (Wildman–Crippen LogP) is 13.2. The fourth-order valence-electron chi connectivity index (χ4n) is 6.06. The number of carboxylic acids is 1. The van der Waals surface area contributed by atoms with Crippen molar-refractivity contribution in [2.75, 3.05) is 41.0 Å². The molecule has 61 heavy (non-hydrogen) atoms. The largest absolute Gasteiger partial charge is 0.477 e. The van der Waals surface area contributed by atoms with E-state index >= 15 is 0 Å². The van der Waals surface area contributed by atoms with Crippen molar-refractivity contribution in [2.24, 2.45) is 0 Å². The van der Waals surface area contributed by atoms with Crippen LogP contribution < -0.4 is 0 Å². The Morgan fingerprint density at radius 3 is 1.36 bits per heavy atom. The molecule has 8 nitrogen and oxygen atoms in total. The van der Waals surface area contributed by atoms with Gasteiger partial charge in [0, 0.05) is 19.3 Å². The monoisotopic (exact) mass is 849 g/mol. The van der Waals surface area contributed by atoms with Gasteiger partial charge in [-0.15, -0.1) is 0 Å². The summed E-state index contributed by atoms with van der Waals surface area (Å²) in [6.07, 6.45) is 58.7. The highest BCUT2D eigenvalue weighted by atomic mass is 16.6. The van der Waals surface area contributed by atoms with Crippen LogP contribution in [-0.2, 0) is 28.6 Å². The molecule has 0 bridgehead atoms. The summed E-state index contributed by atoms with van der Waals surface area (Å²) in [5.74, 6) is -1.63. The minimum atomic E-state index is -0.895.